The lowest BCUT2D eigenvalue weighted by Gasteiger charge is -2.24. The van der Waals surface area contributed by atoms with Gasteiger partial charge >= 0.3 is 0 Å². The van der Waals surface area contributed by atoms with Crippen LogP contribution in [0.4, 0.5) is 0 Å². The maximum absolute atomic E-state index is 12.6. The SMILES string of the molecule is Cc1ccc(S(=O)(=O)N[C@H](Cc2ccccc2)[C@H](C)CO)cc1. The molecule has 4 nitrogen and oxygen atoms in total. The fourth-order valence-corrected chi connectivity index (χ4v) is 3.68. The first-order valence-electron chi connectivity index (χ1n) is 7.66. The molecular weight excluding hydrogens is 310 g/mol. The molecule has 0 unspecified atom stereocenters. The van der Waals surface area contributed by atoms with Gasteiger partial charge in [0.2, 0.25) is 10.0 Å². The molecule has 23 heavy (non-hydrogen) atoms. The van der Waals surface area contributed by atoms with Crippen LogP contribution in [0, 0.1) is 12.8 Å². The van der Waals surface area contributed by atoms with Crippen molar-refractivity contribution in [2.75, 3.05) is 6.61 Å². The Labute approximate surface area is 138 Å². The van der Waals surface area contributed by atoms with Gasteiger partial charge in [-0.25, -0.2) is 13.1 Å². The average Bonchev–Trinajstić information content (AvgIpc) is 2.54. The number of sulfonamides is 1. The van der Waals surface area contributed by atoms with Crippen LogP contribution < -0.4 is 4.72 Å². The van der Waals surface area contributed by atoms with E-state index in [1.54, 1.807) is 24.3 Å². The zero-order chi connectivity index (χ0) is 16.9. The van der Waals surface area contributed by atoms with Gasteiger partial charge in [0.05, 0.1) is 4.90 Å². The minimum Gasteiger partial charge on any atom is -0.396 e. The van der Waals surface area contributed by atoms with E-state index in [4.69, 9.17) is 0 Å². The fraction of sp³-hybridized carbons (Fsp3) is 0.333. The van der Waals surface area contributed by atoms with Gasteiger partial charge in [-0.1, -0.05) is 55.0 Å². The summed E-state index contributed by atoms with van der Waals surface area (Å²) < 4.78 is 27.9. The number of hydrogen-bond acceptors (Lipinski definition) is 3. The molecule has 0 aromatic heterocycles. The van der Waals surface area contributed by atoms with Crippen molar-refractivity contribution >= 4 is 10.0 Å². The average molecular weight is 333 g/mol. The van der Waals surface area contributed by atoms with Gasteiger partial charge in [0.25, 0.3) is 0 Å². The second-order valence-corrected chi connectivity index (χ2v) is 7.60. The van der Waals surface area contributed by atoms with Crippen LogP contribution in [0.25, 0.3) is 0 Å². The molecule has 0 aliphatic carbocycles. The van der Waals surface area contributed by atoms with Crippen molar-refractivity contribution in [3.05, 3.63) is 65.7 Å². The highest BCUT2D eigenvalue weighted by Crippen LogP contribution is 2.16. The van der Waals surface area contributed by atoms with Crippen LogP contribution in [0.1, 0.15) is 18.1 Å². The molecular formula is C18H23NO3S. The summed E-state index contributed by atoms with van der Waals surface area (Å²) in [6.07, 6.45) is 0.535. The lowest BCUT2D eigenvalue weighted by Crippen LogP contribution is -2.42. The minimum atomic E-state index is -3.61. The Kier molecular flexibility index (Phi) is 5.93. The van der Waals surface area contributed by atoms with E-state index in [2.05, 4.69) is 4.72 Å². The highest BCUT2D eigenvalue weighted by Gasteiger charge is 2.24. The standard InChI is InChI=1S/C18H23NO3S/c1-14-8-10-17(11-9-14)23(21,22)19-18(15(2)13-20)12-16-6-4-3-5-7-16/h3-11,15,18-20H,12-13H2,1-2H3/t15-,18-/m1/s1. The molecule has 0 aliphatic rings. The number of aliphatic hydroxyl groups is 1. The fourth-order valence-electron chi connectivity index (χ4n) is 2.34. The summed E-state index contributed by atoms with van der Waals surface area (Å²) in [7, 11) is -3.61. The van der Waals surface area contributed by atoms with Gasteiger partial charge in [0, 0.05) is 12.6 Å². The maximum atomic E-state index is 12.6. The highest BCUT2D eigenvalue weighted by molar-refractivity contribution is 7.89. The van der Waals surface area contributed by atoms with Crippen LogP contribution in [0.2, 0.25) is 0 Å². The van der Waals surface area contributed by atoms with Gasteiger partial charge < -0.3 is 5.11 Å². The number of hydrogen-bond donors (Lipinski definition) is 2. The molecule has 0 radical (unpaired) electrons. The van der Waals surface area contributed by atoms with E-state index < -0.39 is 10.0 Å². The first-order valence-corrected chi connectivity index (χ1v) is 9.14. The van der Waals surface area contributed by atoms with E-state index in [-0.39, 0.29) is 23.5 Å². The molecule has 0 saturated carbocycles. The summed E-state index contributed by atoms with van der Waals surface area (Å²) in [5.41, 5.74) is 2.04. The molecule has 0 spiro atoms. The highest BCUT2D eigenvalue weighted by atomic mass is 32.2. The number of aliphatic hydroxyl groups excluding tert-OH is 1. The predicted octanol–water partition coefficient (Wildman–Crippen LogP) is 2.51. The first kappa shape index (κ1) is 17.7. The van der Waals surface area contributed by atoms with Crippen LogP contribution in [0.15, 0.2) is 59.5 Å². The Morgan fingerprint density at radius 1 is 1.04 bits per heavy atom. The molecule has 0 saturated heterocycles. The molecule has 124 valence electrons. The Morgan fingerprint density at radius 3 is 2.22 bits per heavy atom. The summed E-state index contributed by atoms with van der Waals surface area (Å²) in [5.74, 6) is -0.185. The number of nitrogens with one attached hydrogen (secondary N) is 1. The molecule has 5 heteroatoms. The normalized spacial score (nSPS) is 14.4. The third-order valence-corrected chi connectivity index (χ3v) is 5.42. The van der Waals surface area contributed by atoms with Crippen molar-refractivity contribution in [3.8, 4) is 0 Å². The summed E-state index contributed by atoms with van der Waals surface area (Å²) in [4.78, 5) is 0.242. The van der Waals surface area contributed by atoms with Crippen molar-refractivity contribution in [1.29, 1.82) is 0 Å². The molecule has 0 aliphatic heterocycles. The van der Waals surface area contributed by atoms with Gasteiger partial charge in [0.15, 0.2) is 0 Å². The Balaban J connectivity index is 2.21. The van der Waals surface area contributed by atoms with Gasteiger partial charge in [-0.05, 0) is 37.0 Å². The largest absolute Gasteiger partial charge is 0.396 e. The number of benzene rings is 2. The smallest absolute Gasteiger partial charge is 0.240 e. The quantitative estimate of drug-likeness (QED) is 0.818. The molecule has 0 amide bonds. The Hall–Kier alpha value is -1.69. The predicted molar refractivity (Wildman–Crippen MR) is 91.7 cm³/mol. The van der Waals surface area contributed by atoms with Crippen LogP contribution in [-0.2, 0) is 16.4 Å². The summed E-state index contributed by atoms with van der Waals surface area (Å²) >= 11 is 0. The van der Waals surface area contributed by atoms with Crippen molar-refractivity contribution < 1.29 is 13.5 Å². The summed E-state index contributed by atoms with van der Waals surface area (Å²) in [5, 5.41) is 9.45. The number of aryl methyl sites for hydroxylation is 1. The molecule has 2 aromatic carbocycles. The lowest BCUT2D eigenvalue weighted by atomic mass is 9.96. The van der Waals surface area contributed by atoms with Gasteiger partial charge in [-0.2, -0.15) is 0 Å². The third kappa shape index (κ3) is 4.89. The van der Waals surface area contributed by atoms with Crippen LogP contribution >= 0.6 is 0 Å². The molecule has 2 atom stereocenters. The lowest BCUT2D eigenvalue weighted by molar-refractivity contribution is 0.210. The zero-order valence-electron chi connectivity index (χ0n) is 13.4. The molecule has 2 rings (SSSR count). The van der Waals surface area contributed by atoms with Gasteiger partial charge in [0.1, 0.15) is 0 Å². The van der Waals surface area contributed by atoms with E-state index in [0.717, 1.165) is 11.1 Å². The van der Waals surface area contributed by atoms with E-state index in [9.17, 15) is 13.5 Å². The van der Waals surface area contributed by atoms with E-state index in [0.29, 0.717) is 6.42 Å². The van der Waals surface area contributed by atoms with Crippen molar-refractivity contribution in [2.24, 2.45) is 5.92 Å². The van der Waals surface area contributed by atoms with E-state index >= 15 is 0 Å². The van der Waals surface area contributed by atoms with Crippen LogP contribution in [0.3, 0.4) is 0 Å². The van der Waals surface area contributed by atoms with Gasteiger partial charge in [-0.15, -0.1) is 0 Å². The Bertz CT molecular complexity index is 712. The first-order chi connectivity index (χ1) is 10.9. The second kappa shape index (κ2) is 7.73. The van der Waals surface area contributed by atoms with Crippen molar-refractivity contribution in [2.45, 2.75) is 31.2 Å². The van der Waals surface area contributed by atoms with E-state index in [1.165, 1.54) is 0 Å². The molecule has 2 aromatic rings. The monoisotopic (exact) mass is 333 g/mol. The topological polar surface area (TPSA) is 66.4 Å². The summed E-state index contributed by atoms with van der Waals surface area (Å²) in [6, 6.07) is 16.1. The molecule has 0 heterocycles. The summed E-state index contributed by atoms with van der Waals surface area (Å²) in [6.45, 7) is 3.68. The van der Waals surface area contributed by atoms with Crippen LogP contribution in [0.5, 0.6) is 0 Å². The van der Waals surface area contributed by atoms with Crippen molar-refractivity contribution in [3.63, 3.8) is 0 Å². The molecule has 2 N–H and O–H groups in total. The molecule has 0 fully saturated rings. The van der Waals surface area contributed by atoms with E-state index in [1.807, 2.05) is 44.2 Å². The zero-order valence-corrected chi connectivity index (χ0v) is 14.3. The molecule has 0 bridgehead atoms. The van der Waals surface area contributed by atoms with Gasteiger partial charge in [-0.3, -0.25) is 0 Å². The number of rotatable bonds is 7. The van der Waals surface area contributed by atoms with Crippen LogP contribution in [-0.4, -0.2) is 26.2 Å². The van der Waals surface area contributed by atoms with Crippen molar-refractivity contribution in [1.82, 2.24) is 4.72 Å². The maximum Gasteiger partial charge on any atom is 0.240 e. The minimum absolute atomic E-state index is 0.0755. The third-order valence-electron chi connectivity index (χ3n) is 3.91. The Morgan fingerprint density at radius 2 is 1.65 bits per heavy atom. The second-order valence-electron chi connectivity index (χ2n) is 5.89.